The minimum absolute atomic E-state index is 0.279. The fourth-order valence-corrected chi connectivity index (χ4v) is 2.42. The molecule has 0 radical (unpaired) electrons. The van der Waals surface area contributed by atoms with Gasteiger partial charge in [0.25, 0.3) is 0 Å². The Bertz CT molecular complexity index is 390. The Morgan fingerprint density at radius 3 is 2.61 bits per heavy atom. The van der Waals surface area contributed by atoms with Crippen LogP contribution in [0.25, 0.3) is 0 Å². The van der Waals surface area contributed by atoms with Crippen LogP contribution in [0.15, 0.2) is 18.2 Å². The molecule has 0 saturated carbocycles. The standard InChI is InChI=1S/C15H24N2O/c1-17(2)14(10-16)11-18-15-8-7-12-5-3-4-6-13(12)9-15/h7-9,14H,3-6,10-11,16H2,1-2H3. The molecule has 2 rings (SSSR count). The molecule has 1 aliphatic rings. The molecular weight excluding hydrogens is 224 g/mol. The lowest BCUT2D eigenvalue weighted by Crippen LogP contribution is -2.39. The Labute approximate surface area is 110 Å². The average molecular weight is 248 g/mol. The van der Waals surface area contributed by atoms with E-state index in [1.54, 1.807) is 0 Å². The number of aryl methyl sites for hydroxylation is 2. The Hall–Kier alpha value is -1.06. The van der Waals surface area contributed by atoms with Gasteiger partial charge in [-0.2, -0.15) is 0 Å². The van der Waals surface area contributed by atoms with Crippen LogP contribution in [0.3, 0.4) is 0 Å². The van der Waals surface area contributed by atoms with E-state index in [0.717, 1.165) is 5.75 Å². The highest BCUT2D eigenvalue weighted by Gasteiger charge is 2.12. The molecule has 3 nitrogen and oxygen atoms in total. The maximum Gasteiger partial charge on any atom is 0.119 e. The first-order valence-corrected chi connectivity index (χ1v) is 6.82. The first-order chi connectivity index (χ1) is 8.70. The molecule has 1 aliphatic carbocycles. The minimum Gasteiger partial charge on any atom is -0.492 e. The van der Waals surface area contributed by atoms with E-state index in [1.165, 1.54) is 36.8 Å². The van der Waals surface area contributed by atoms with Crippen molar-refractivity contribution in [1.29, 1.82) is 0 Å². The van der Waals surface area contributed by atoms with Crippen molar-refractivity contribution in [2.24, 2.45) is 5.73 Å². The summed E-state index contributed by atoms with van der Waals surface area (Å²) in [6.45, 7) is 1.28. The first-order valence-electron chi connectivity index (χ1n) is 6.82. The van der Waals surface area contributed by atoms with Crippen molar-refractivity contribution >= 4 is 0 Å². The summed E-state index contributed by atoms with van der Waals surface area (Å²) in [5.41, 5.74) is 8.69. The highest BCUT2D eigenvalue weighted by atomic mass is 16.5. The smallest absolute Gasteiger partial charge is 0.119 e. The SMILES string of the molecule is CN(C)C(CN)COc1ccc2c(c1)CCCC2. The van der Waals surface area contributed by atoms with Gasteiger partial charge in [0.15, 0.2) is 0 Å². The van der Waals surface area contributed by atoms with Crippen LogP contribution in [0.4, 0.5) is 0 Å². The van der Waals surface area contributed by atoms with Gasteiger partial charge in [-0.25, -0.2) is 0 Å². The normalized spacial score (nSPS) is 16.4. The summed E-state index contributed by atoms with van der Waals surface area (Å²) in [5.74, 6) is 0.982. The lowest BCUT2D eigenvalue weighted by atomic mass is 9.92. The van der Waals surface area contributed by atoms with Crippen LogP contribution in [-0.4, -0.2) is 38.2 Å². The number of hydrogen-bond acceptors (Lipinski definition) is 3. The van der Waals surface area contributed by atoms with E-state index in [1.807, 2.05) is 14.1 Å². The molecular formula is C15H24N2O. The van der Waals surface area contributed by atoms with E-state index in [-0.39, 0.29) is 6.04 Å². The number of rotatable bonds is 5. The monoisotopic (exact) mass is 248 g/mol. The molecule has 0 heterocycles. The number of nitrogens with zero attached hydrogens (tertiary/aromatic N) is 1. The average Bonchev–Trinajstić information content (AvgIpc) is 2.39. The molecule has 0 fully saturated rings. The Morgan fingerprint density at radius 1 is 1.22 bits per heavy atom. The van der Waals surface area contributed by atoms with Crippen molar-refractivity contribution in [2.75, 3.05) is 27.2 Å². The molecule has 1 unspecified atom stereocenters. The van der Waals surface area contributed by atoms with Crippen LogP contribution in [0, 0.1) is 0 Å². The molecule has 18 heavy (non-hydrogen) atoms. The largest absolute Gasteiger partial charge is 0.492 e. The van der Waals surface area contributed by atoms with Crippen molar-refractivity contribution < 1.29 is 4.74 Å². The lowest BCUT2D eigenvalue weighted by Gasteiger charge is -2.23. The van der Waals surface area contributed by atoms with Crippen LogP contribution in [0.1, 0.15) is 24.0 Å². The predicted molar refractivity (Wildman–Crippen MR) is 75.1 cm³/mol. The van der Waals surface area contributed by atoms with Crippen molar-refractivity contribution in [2.45, 2.75) is 31.7 Å². The number of fused-ring (bicyclic) bond motifs is 1. The van der Waals surface area contributed by atoms with Gasteiger partial charge in [0.05, 0.1) is 6.04 Å². The van der Waals surface area contributed by atoms with E-state index in [4.69, 9.17) is 10.5 Å². The quantitative estimate of drug-likeness (QED) is 0.864. The highest BCUT2D eigenvalue weighted by molar-refractivity contribution is 5.37. The number of hydrogen-bond donors (Lipinski definition) is 1. The summed E-state index contributed by atoms with van der Waals surface area (Å²) in [5, 5.41) is 0. The van der Waals surface area contributed by atoms with E-state index in [0.29, 0.717) is 13.2 Å². The van der Waals surface area contributed by atoms with Gasteiger partial charge in [0.1, 0.15) is 12.4 Å². The number of ether oxygens (including phenoxy) is 1. The minimum atomic E-state index is 0.279. The summed E-state index contributed by atoms with van der Waals surface area (Å²) in [4.78, 5) is 2.11. The zero-order chi connectivity index (χ0) is 13.0. The van der Waals surface area contributed by atoms with Gasteiger partial charge in [0.2, 0.25) is 0 Å². The van der Waals surface area contributed by atoms with Gasteiger partial charge in [-0.3, -0.25) is 0 Å². The van der Waals surface area contributed by atoms with Gasteiger partial charge in [0, 0.05) is 6.54 Å². The molecule has 0 aliphatic heterocycles. The third kappa shape index (κ3) is 3.24. The second kappa shape index (κ2) is 6.21. The Kier molecular flexibility index (Phi) is 4.61. The topological polar surface area (TPSA) is 38.5 Å². The number of nitrogens with two attached hydrogens (primary N) is 1. The summed E-state index contributed by atoms with van der Waals surface area (Å²) in [6, 6.07) is 6.79. The van der Waals surface area contributed by atoms with Gasteiger partial charge < -0.3 is 15.4 Å². The summed E-state index contributed by atoms with van der Waals surface area (Å²) in [7, 11) is 4.07. The fraction of sp³-hybridized carbons (Fsp3) is 0.600. The summed E-state index contributed by atoms with van der Waals surface area (Å²) in [6.07, 6.45) is 5.04. The van der Waals surface area contributed by atoms with Crippen molar-refractivity contribution in [3.63, 3.8) is 0 Å². The van der Waals surface area contributed by atoms with Crippen LogP contribution >= 0.6 is 0 Å². The molecule has 0 amide bonds. The maximum atomic E-state index is 5.86. The molecule has 2 N–H and O–H groups in total. The molecule has 0 saturated heterocycles. The molecule has 3 heteroatoms. The third-order valence-electron chi connectivity index (χ3n) is 3.76. The van der Waals surface area contributed by atoms with E-state index >= 15 is 0 Å². The lowest BCUT2D eigenvalue weighted by molar-refractivity contribution is 0.190. The predicted octanol–water partition coefficient (Wildman–Crippen LogP) is 1.83. The van der Waals surface area contributed by atoms with Crippen molar-refractivity contribution in [3.8, 4) is 5.75 Å². The van der Waals surface area contributed by atoms with Gasteiger partial charge in [-0.05, 0) is 63.0 Å². The van der Waals surface area contributed by atoms with E-state index < -0.39 is 0 Å². The Balaban J connectivity index is 1.97. The van der Waals surface area contributed by atoms with Crippen LogP contribution in [0.2, 0.25) is 0 Å². The molecule has 1 atom stereocenters. The maximum absolute atomic E-state index is 5.86. The molecule has 100 valence electrons. The van der Waals surface area contributed by atoms with Gasteiger partial charge in [-0.1, -0.05) is 6.07 Å². The van der Waals surface area contributed by atoms with Crippen molar-refractivity contribution in [1.82, 2.24) is 4.90 Å². The Morgan fingerprint density at radius 2 is 1.94 bits per heavy atom. The zero-order valence-corrected chi connectivity index (χ0v) is 11.5. The molecule has 0 bridgehead atoms. The molecule has 1 aromatic rings. The van der Waals surface area contributed by atoms with Crippen molar-refractivity contribution in [3.05, 3.63) is 29.3 Å². The summed E-state index contributed by atoms with van der Waals surface area (Å²) < 4.78 is 5.86. The van der Waals surface area contributed by atoms with E-state index in [2.05, 4.69) is 23.1 Å². The second-order valence-electron chi connectivity index (χ2n) is 5.30. The molecule has 0 aromatic heterocycles. The number of likely N-dealkylation sites (N-methyl/N-ethyl adjacent to an activating group) is 1. The zero-order valence-electron chi connectivity index (χ0n) is 11.5. The van der Waals surface area contributed by atoms with Crippen LogP contribution in [0.5, 0.6) is 5.75 Å². The van der Waals surface area contributed by atoms with Gasteiger partial charge >= 0.3 is 0 Å². The second-order valence-corrected chi connectivity index (χ2v) is 5.30. The van der Waals surface area contributed by atoms with Crippen LogP contribution < -0.4 is 10.5 Å². The third-order valence-corrected chi connectivity index (χ3v) is 3.76. The number of benzene rings is 1. The molecule has 0 spiro atoms. The van der Waals surface area contributed by atoms with Gasteiger partial charge in [-0.15, -0.1) is 0 Å². The summed E-state index contributed by atoms with van der Waals surface area (Å²) >= 11 is 0. The van der Waals surface area contributed by atoms with E-state index in [9.17, 15) is 0 Å². The first kappa shape index (κ1) is 13.4. The fourth-order valence-electron chi connectivity index (χ4n) is 2.42. The molecule has 1 aromatic carbocycles. The van der Waals surface area contributed by atoms with Crippen LogP contribution in [-0.2, 0) is 12.8 Å². The highest BCUT2D eigenvalue weighted by Crippen LogP contribution is 2.25.